The Kier molecular flexibility index (Phi) is 4.28. The summed E-state index contributed by atoms with van der Waals surface area (Å²) in [5, 5.41) is 0. The van der Waals surface area contributed by atoms with Crippen LogP contribution in [0.3, 0.4) is 0 Å². The first-order valence-electron chi connectivity index (χ1n) is 4.27. The molecule has 1 nitrogen and oxygen atoms in total. The van der Waals surface area contributed by atoms with Gasteiger partial charge < -0.3 is 4.72 Å². The molecule has 0 aromatic heterocycles. The molecule has 0 radical (unpaired) electrons. The minimum absolute atomic E-state index is 1.06. The Labute approximate surface area is 84.1 Å². The molecule has 0 bridgehead atoms. The number of anilines is 1. The molecule has 68 valence electrons. The lowest BCUT2D eigenvalue weighted by Gasteiger charge is -2.02. The van der Waals surface area contributed by atoms with Crippen molar-refractivity contribution in [3.05, 3.63) is 29.8 Å². The molecule has 0 aliphatic rings. The van der Waals surface area contributed by atoms with E-state index in [0.29, 0.717) is 0 Å². The van der Waals surface area contributed by atoms with E-state index in [2.05, 4.69) is 29.6 Å². The third kappa shape index (κ3) is 3.43. The number of hydrogen-bond acceptors (Lipinski definition) is 2. The van der Waals surface area contributed by atoms with Crippen molar-refractivity contribution in [1.29, 1.82) is 0 Å². The highest BCUT2D eigenvalue weighted by molar-refractivity contribution is 8.00. The molecular weight excluding hydrogens is 178 g/mol. The Bertz CT molecular complexity index is 322. The van der Waals surface area contributed by atoms with Gasteiger partial charge in [-0.1, -0.05) is 30.9 Å². The molecule has 0 aliphatic carbocycles. The number of rotatable bonds is 3. The Morgan fingerprint density at radius 1 is 1.46 bits per heavy atom. The van der Waals surface area contributed by atoms with Gasteiger partial charge in [-0.05, 0) is 25.1 Å². The van der Waals surface area contributed by atoms with Crippen LogP contribution in [0, 0.1) is 11.8 Å². The molecule has 0 saturated heterocycles. The zero-order valence-corrected chi connectivity index (χ0v) is 8.74. The van der Waals surface area contributed by atoms with Crippen LogP contribution in [-0.4, -0.2) is 5.75 Å². The number of nitrogens with one attached hydrogen (secondary N) is 1. The van der Waals surface area contributed by atoms with E-state index in [1.807, 2.05) is 25.1 Å². The second-order valence-corrected chi connectivity index (χ2v) is 3.56. The lowest BCUT2D eigenvalue weighted by Crippen LogP contribution is -1.87. The van der Waals surface area contributed by atoms with E-state index in [9.17, 15) is 0 Å². The molecule has 0 heterocycles. The van der Waals surface area contributed by atoms with Gasteiger partial charge in [0, 0.05) is 17.0 Å². The molecule has 1 aromatic carbocycles. The molecule has 0 amide bonds. The van der Waals surface area contributed by atoms with Crippen LogP contribution in [0.5, 0.6) is 0 Å². The summed E-state index contributed by atoms with van der Waals surface area (Å²) in [4.78, 5) is 0. The van der Waals surface area contributed by atoms with E-state index in [1.165, 1.54) is 0 Å². The van der Waals surface area contributed by atoms with Crippen molar-refractivity contribution in [2.45, 2.75) is 13.8 Å². The third-order valence-electron chi connectivity index (χ3n) is 1.47. The number of benzene rings is 1. The average molecular weight is 191 g/mol. The van der Waals surface area contributed by atoms with Crippen LogP contribution in [0.4, 0.5) is 5.69 Å². The van der Waals surface area contributed by atoms with Crippen LogP contribution in [-0.2, 0) is 0 Å². The summed E-state index contributed by atoms with van der Waals surface area (Å²) in [6.45, 7) is 3.97. The minimum atomic E-state index is 1.06. The normalized spacial score (nSPS) is 8.77. The van der Waals surface area contributed by atoms with Crippen molar-refractivity contribution < 1.29 is 0 Å². The van der Waals surface area contributed by atoms with Crippen LogP contribution < -0.4 is 4.72 Å². The van der Waals surface area contributed by atoms with Crippen LogP contribution >= 0.6 is 11.9 Å². The molecule has 0 spiro atoms. The maximum Gasteiger partial charge on any atom is 0.0452 e. The van der Waals surface area contributed by atoms with Crippen molar-refractivity contribution in [3.63, 3.8) is 0 Å². The highest BCUT2D eigenvalue weighted by Gasteiger charge is 1.91. The number of hydrogen-bond donors (Lipinski definition) is 1. The van der Waals surface area contributed by atoms with E-state index in [4.69, 9.17) is 0 Å². The average Bonchev–Trinajstić information content (AvgIpc) is 2.16. The fraction of sp³-hybridized carbons (Fsp3) is 0.273. The summed E-state index contributed by atoms with van der Waals surface area (Å²) in [5.74, 6) is 6.97. The second-order valence-electron chi connectivity index (χ2n) is 2.49. The van der Waals surface area contributed by atoms with Crippen LogP contribution in [0.1, 0.15) is 19.4 Å². The highest BCUT2D eigenvalue weighted by Crippen LogP contribution is 2.13. The fourth-order valence-electron chi connectivity index (χ4n) is 0.960. The SMILES string of the molecule is CC#Cc1cccc(NSCC)c1. The van der Waals surface area contributed by atoms with Gasteiger partial charge in [0.1, 0.15) is 0 Å². The zero-order valence-electron chi connectivity index (χ0n) is 7.92. The molecule has 2 heteroatoms. The Hall–Kier alpha value is -1.07. The largest absolute Gasteiger partial charge is 0.330 e. The topological polar surface area (TPSA) is 12.0 Å². The standard InChI is InChI=1S/C11H13NS/c1-3-6-10-7-5-8-11(9-10)12-13-4-2/h5,7-9,12H,4H2,1-2H3. The molecule has 13 heavy (non-hydrogen) atoms. The predicted octanol–water partition coefficient (Wildman–Crippen LogP) is 3.14. The summed E-state index contributed by atoms with van der Waals surface area (Å²) < 4.78 is 3.24. The third-order valence-corrected chi connectivity index (χ3v) is 2.13. The summed E-state index contributed by atoms with van der Waals surface area (Å²) >= 11 is 1.69. The molecule has 0 unspecified atom stereocenters. The molecular formula is C11H13NS. The Morgan fingerprint density at radius 2 is 2.31 bits per heavy atom. The lowest BCUT2D eigenvalue weighted by molar-refractivity contribution is 1.52. The van der Waals surface area contributed by atoms with Gasteiger partial charge in [0.2, 0.25) is 0 Å². The Morgan fingerprint density at radius 3 is 3.00 bits per heavy atom. The van der Waals surface area contributed by atoms with Crippen LogP contribution in [0.25, 0.3) is 0 Å². The fourth-order valence-corrected chi connectivity index (χ4v) is 1.40. The van der Waals surface area contributed by atoms with Gasteiger partial charge in [-0.3, -0.25) is 0 Å². The first-order chi connectivity index (χ1) is 6.36. The summed E-state index contributed by atoms with van der Waals surface area (Å²) in [7, 11) is 0. The maximum absolute atomic E-state index is 3.24. The first-order valence-corrected chi connectivity index (χ1v) is 5.26. The van der Waals surface area contributed by atoms with Crippen molar-refractivity contribution in [2.75, 3.05) is 10.5 Å². The van der Waals surface area contributed by atoms with Gasteiger partial charge in [0.05, 0.1) is 0 Å². The van der Waals surface area contributed by atoms with E-state index in [0.717, 1.165) is 17.0 Å². The van der Waals surface area contributed by atoms with Gasteiger partial charge in [-0.2, -0.15) is 0 Å². The first kappa shape index (κ1) is 10.0. The van der Waals surface area contributed by atoms with Gasteiger partial charge in [-0.25, -0.2) is 0 Å². The lowest BCUT2D eigenvalue weighted by atomic mass is 10.2. The summed E-state index contributed by atoms with van der Waals surface area (Å²) in [6, 6.07) is 8.12. The molecule has 0 fully saturated rings. The molecule has 0 aliphatic heterocycles. The van der Waals surface area contributed by atoms with E-state index in [-0.39, 0.29) is 0 Å². The quantitative estimate of drug-likeness (QED) is 0.582. The van der Waals surface area contributed by atoms with Gasteiger partial charge in [-0.15, -0.1) is 5.92 Å². The maximum atomic E-state index is 3.24. The smallest absolute Gasteiger partial charge is 0.0452 e. The predicted molar refractivity (Wildman–Crippen MR) is 60.7 cm³/mol. The summed E-state index contributed by atoms with van der Waals surface area (Å²) in [5.41, 5.74) is 2.18. The van der Waals surface area contributed by atoms with Gasteiger partial charge in [0.25, 0.3) is 0 Å². The van der Waals surface area contributed by atoms with Crippen LogP contribution in [0.15, 0.2) is 24.3 Å². The van der Waals surface area contributed by atoms with Gasteiger partial charge >= 0.3 is 0 Å². The van der Waals surface area contributed by atoms with Crippen molar-refractivity contribution in [2.24, 2.45) is 0 Å². The molecule has 1 aromatic rings. The van der Waals surface area contributed by atoms with E-state index < -0.39 is 0 Å². The molecule has 0 atom stereocenters. The Balaban J connectivity index is 2.71. The van der Waals surface area contributed by atoms with Crippen molar-refractivity contribution in [1.82, 2.24) is 0 Å². The zero-order chi connectivity index (χ0) is 9.52. The van der Waals surface area contributed by atoms with E-state index in [1.54, 1.807) is 11.9 Å². The van der Waals surface area contributed by atoms with Crippen LogP contribution in [0.2, 0.25) is 0 Å². The molecule has 1 rings (SSSR count). The second kappa shape index (κ2) is 5.55. The van der Waals surface area contributed by atoms with Gasteiger partial charge in [0.15, 0.2) is 0 Å². The van der Waals surface area contributed by atoms with Crippen molar-refractivity contribution in [3.8, 4) is 11.8 Å². The monoisotopic (exact) mass is 191 g/mol. The van der Waals surface area contributed by atoms with Crippen molar-refractivity contribution >= 4 is 17.6 Å². The molecule has 0 saturated carbocycles. The molecule has 1 N–H and O–H groups in total. The highest BCUT2D eigenvalue weighted by atomic mass is 32.2. The minimum Gasteiger partial charge on any atom is -0.330 e. The van der Waals surface area contributed by atoms with E-state index >= 15 is 0 Å². The summed E-state index contributed by atoms with van der Waals surface area (Å²) in [6.07, 6.45) is 0.